The molecule has 2 aliphatic carbocycles. The van der Waals surface area contributed by atoms with E-state index in [0.717, 1.165) is 49.8 Å². The Labute approximate surface area is 163 Å². The number of thiophene rings is 1. The van der Waals surface area contributed by atoms with Gasteiger partial charge in [-0.3, -0.25) is 0 Å². The molecule has 8 heteroatoms. The van der Waals surface area contributed by atoms with Crippen LogP contribution in [0.2, 0.25) is 0 Å². The average molecular weight is 405 g/mol. The van der Waals surface area contributed by atoms with Crippen LogP contribution < -0.4 is 15.8 Å². The van der Waals surface area contributed by atoms with E-state index >= 15 is 0 Å². The summed E-state index contributed by atoms with van der Waals surface area (Å²) in [5, 5.41) is 13.8. The molecule has 0 bridgehead atoms. The maximum Gasteiger partial charge on any atom is 0.354 e. The largest absolute Gasteiger partial charge is 0.354 e. The first-order valence-corrected chi connectivity index (χ1v) is 11.7. The molecule has 6 nitrogen and oxygen atoms in total. The molecule has 0 aliphatic heterocycles. The van der Waals surface area contributed by atoms with Crippen LogP contribution in [0.15, 0.2) is 26.1 Å². The van der Waals surface area contributed by atoms with Crippen molar-refractivity contribution in [3.05, 3.63) is 45.3 Å². The summed E-state index contributed by atoms with van der Waals surface area (Å²) in [7, 11) is -1.41. The van der Waals surface area contributed by atoms with Crippen LogP contribution in [0.1, 0.15) is 40.7 Å². The smallest absolute Gasteiger partial charge is 0.316 e. The van der Waals surface area contributed by atoms with Crippen LogP contribution in [-0.2, 0) is 42.1 Å². The molecule has 144 valence electrons. The normalized spacial score (nSPS) is 17.3. The zero-order chi connectivity index (χ0) is 19.0. The van der Waals surface area contributed by atoms with Crippen LogP contribution in [0.5, 0.6) is 0 Å². The van der Waals surface area contributed by atoms with Gasteiger partial charge in [0.15, 0.2) is 9.92 Å². The van der Waals surface area contributed by atoms with Gasteiger partial charge in [0.25, 0.3) is 0 Å². The highest BCUT2D eigenvalue weighted by Gasteiger charge is 2.25. The molecule has 4 N–H and O–H groups in total. The number of hydrogen-bond acceptors (Lipinski definition) is 4. The molecule has 0 fully saturated rings. The van der Waals surface area contributed by atoms with Crippen LogP contribution in [0.4, 0.5) is 10.5 Å². The van der Waals surface area contributed by atoms with Crippen molar-refractivity contribution in [2.75, 3.05) is 12.4 Å². The number of nitrogens with zero attached hydrogens (tertiary/aromatic N) is 1. The highest BCUT2D eigenvalue weighted by molar-refractivity contribution is 7.93. The third-order valence-corrected chi connectivity index (χ3v) is 8.13. The molecule has 0 unspecified atom stereocenters. The van der Waals surface area contributed by atoms with E-state index in [-0.39, 0.29) is 0 Å². The molecular weight excluding hydrogens is 380 g/mol. The van der Waals surface area contributed by atoms with Crippen molar-refractivity contribution >= 4 is 33.0 Å². The number of hydrogen-bond donors (Lipinski definition) is 3. The fourth-order valence-electron chi connectivity index (χ4n) is 4.07. The molecular formula is C19H24N4O2S2. The molecule has 0 saturated carbocycles. The Hall–Kier alpha value is -1.74. The summed E-state index contributed by atoms with van der Waals surface area (Å²) in [6, 6.07) is 3.43. The van der Waals surface area contributed by atoms with Gasteiger partial charge in [-0.2, -0.15) is 0 Å². The first-order chi connectivity index (χ1) is 13.0. The Morgan fingerprint density at radius 1 is 1.19 bits per heavy atom. The fraction of sp³-hybridized carbons (Fsp3) is 0.421. The second-order valence-corrected chi connectivity index (χ2v) is 10.1. The van der Waals surface area contributed by atoms with E-state index in [1.165, 1.54) is 33.6 Å². The van der Waals surface area contributed by atoms with E-state index < -0.39 is 15.9 Å². The zero-order valence-electron chi connectivity index (χ0n) is 15.3. The molecule has 1 aromatic heterocycles. The van der Waals surface area contributed by atoms with Gasteiger partial charge in [-0.25, -0.2) is 14.1 Å². The summed E-state index contributed by atoms with van der Waals surface area (Å²) < 4.78 is 17.1. The summed E-state index contributed by atoms with van der Waals surface area (Å²) in [6.07, 6.45) is 6.26. The van der Waals surface area contributed by atoms with E-state index in [9.17, 15) is 9.00 Å². The minimum absolute atomic E-state index is 0.423. The number of anilines is 1. The monoisotopic (exact) mass is 404 g/mol. The Bertz CT molecular complexity index is 987. The van der Waals surface area contributed by atoms with E-state index in [2.05, 4.69) is 21.1 Å². The summed E-state index contributed by atoms with van der Waals surface area (Å²) in [6.45, 7) is 0.653. The maximum absolute atomic E-state index is 12.8. The summed E-state index contributed by atoms with van der Waals surface area (Å²) in [4.78, 5) is 12.6. The zero-order valence-corrected chi connectivity index (χ0v) is 17.0. The second kappa shape index (κ2) is 7.35. The number of rotatable bonds is 4. The van der Waals surface area contributed by atoms with Crippen molar-refractivity contribution in [1.82, 2.24) is 5.32 Å². The van der Waals surface area contributed by atoms with Gasteiger partial charge >= 0.3 is 6.03 Å². The van der Waals surface area contributed by atoms with Gasteiger partial charge in [0.1, 0.15) is 4.21 Å². The average Bonchev–Trinajstić information content (AvgIpc) is 3.34. The number of urea groups is 1. The molecule has 1 atom stereocenters. The Morgan fingerprint density at radius 2 is 1.85 bits per heavy atom. The van der Waals surface area contributed by atoms with Crippen molar-refractivity contribution in [2.45, 2.75) is 49.3 Å². The molecule has 4 rings (SSSR count). The Morgan fingerprint density at radius 3 is 2.48 bits per heavy atom. The second-order valence-electron chi connectivity index (χ2n) is 7.13. The van der Waals surface area contributed by atoms with Crippen molar-refractivity contribution in [3.8, 4) is 0 Å². The standard InChI is InChI=1S/C19H24N4O2S2/c1-21-10-12-8-17(26-11-12)27(20,25)23-19(24)22-18-15-6-2-4-13(15)9-14-5-3-7-16(14)18/h8-9,11,21H,2-7,10H2,1H3,(H3,20,22,23,24,25)/t27-/m0/s1. The molecule has 27 heavy (non-hydrogen) atoms. The number of fused-ring (bicyclic) bond motifs is 2. The SMILES string of the molecule is CNCc1csc([S@@](N)(=O)=NC(=O)Nc2c3c(cc4c2CCC4)CCC3)c1. The van der Waals surface area contributed by atoms with E-state index in [1.807, 2.05) is 12.4 Å². The van der Waals surface area contributed by atoms with Crippen molar-refractivity contribution < 1.29 is 9.00 Å². The lowest BCUT2D eigenvalue weighted by molar-refractivity contribution is 0.260. The van der Waals surface area contributed by atoms with E-state index in [1.54, 1.807) is 6.07 Å². The van der Waals surface area contributed by atoms with E-state index in [4.69, 9.17) is 5.14 Å². The molecule has 0 saturated heterocycles. The van der Waals surface area contributed by atoms with Crippen molar-refractivity contribution in [3.63, 3.8) is 0 Å². The highest BCUT2D eigenvalue weighted by Crippen LogP contribution is 2.38. The molecule has 1 aromatic carbocycles. The fourth-order valence-corrected chi connectivity index (χ4v) is 6.22. The number of benzene rings is 1. The van der Waals surface area contributed by atoms with Gasteiger partial charge in [0, 0.05) is 12.2 Å². The van der Waals surface area contributed by atoms with E-state index in [0.29, 0.717) is 10.8 Å². The number of carbonyl (C=O) groups excluding carboxylic acids is 1. The Balaban J connectivity index is 1.63. The third kappa shape index (κ3) is 3.67. The summed E-state index contributed by atoms with van der Waals surface area (Å²) >= 11 is 1.27. The quantitative estimate of drug-likeness (QED) is 0.729. The summed E-state index contributed by atoms with van der Waals surface area (Å²) in [5.41, 5.74) is 6.96. The van der Waals surface area contributed by atoms with Gasteiger partial charge in [-0.15, -0.1) is 15.7 Å². The van der Waals surface area contributed by atoms with Gasteiger partial charge in [0.05, 0.1) is 0 Å². The van der Waals surface area contributed by atoms with Gasteiger partial charge < -0.3 is 10.6 Å². The molecule has 2 amide bonds. The minimum Gasteiger partial charge on any atom is -0.316 e. The Kier molecular flexibility index (Phi) is 5.07. The molecule has 0 spiro atoms. The predicted octanol–water partition coefficient (Wildman–Crippen LogP) is 3.38. The third-order valence-electron chi connectivity index (χ3n) is 5.22. The van der Waals surface area contributed by atoms with Gasteiger partial charge in [-0.05, 0) is 84.8 Å². The molecule has 0 radical (unpaired) electrons. The number of nitrogens with one attached hydrogen (secondary N) is 2. The molecule has 1 heterocycles. The van der Waals surface area contributed by atoms with Crippen LogP contribution in [0.3, 0.4) is 0 Å². The van der Waals surface area contributed by atoms with Crippen molar-refractivity contribution in [2.24, 2.45) is 9.50 Å². The minimum atomic E-state index is -3.25. The maximum atomic E-state index is 12.8. The first kappa shape index (κ1) is 18.6. The van der Waals surface area contributed by atoms with Crippen LogP contribution in [-0.4, -0.2) is 17.3 Å². The lowest BCUT2D eigenvalue weighted by Gasteiger charge is -2.15. The topological polar surface area (TPSA) is 96.6 Å². The molecule has 2 aromatic rings. The number of aryl methyl sites for hydroxylation is 2. The first-order valence-electron chi connectivity index (χ1n) is 9.22. The van der Waals surface area contributed by atoms with Gasteiger partial charge in [-0.1, -0.05) is 6.07 Å². The van der Waals surface area contributed by atoms with Crippen LogP contribution in [0, 0.1) is 0 Å². The predicted molar refractivity (Wildman–Crippen MR) is 110 cm³/mol. The lowest BCUT2D eigenvalue weighted by atomic mass is 9.99. The summed E-state index contributed by atoms with van der Waals surface area (Å²) in [5.74, 6) is 0. The lowest BCUT2D eigenvalue weighted by Crippen LogP contribution is -2.18. The molecule has 2 aliphatic rings. The highest BCUT2D eigenvalue weighted by atomic mass is 32.2. The van der Waals surface area contributed by atoms with Crippen LogP contribution >= 0.6 is 11.3 Å². The number of nitrogens with two attached hydrogens (primary N) is 1. The number of carbonyl (C=O) groups is 1. The van der Waals surface area contributed by atoms with Crippen LogP contribution in [0.25, 0.3) is 0 Å². The van der Waals surface area contributed by atoms with Crippen molar-refractivity contribution in [1.29, 1.82) is 0 Å². The number of amides is 2. The van der Waals surface area contributed by atoms with Gasteiger partial charge in [0.2, 0.25) is 0 Å².